The lowest BCUT2D eigenvalue weighted by molar-refractivity contribution is 0.102. The lowest BCUT2D eigenvalue weighted by Gasteiger charge is -2.13. The molecule has 0 saturated carbocycles. The van der Waals surface area contributed by atoms with Crippen LogP contribution in [0.25, 0.3) is 11.3 Å². The van der Waals surface area contributed by atoms with Gasteiger partial charge in [0.15, 0.2) is 0 Å². The van der Waals surface area contributed by atoms with Crippen LogP contribution in [0.5, 0.6) is 0 Å². The number of para-hydroxylation sites is 2. The number of amides is 1. The molecule has 0 saturated heterocycles. The maximum Gasteiger partial charge on any atom is 0.255 e. The Morgan fingerprint density at radius 3 is 2.50 bits per heavy atom. The van der Waals surface area contributed by atoms with Crippen LogP contribution in [0.3, 0.4) is 0 Å². The molecule has 1 unspecified atom stereocenters. The van der Waals surface area contributed by atoms with Gasteiger partial charge in [0.2, 0.25) is 0 Å². The second-order valence-corrected chi connectivity index (χ2v) is 7.14. The first-order chi connectivity index (χ1) is 14.5. The average Bonchev–Trinajstić information content (AvgIpc) is 2.74. The lowest BCUT2D eigenvalue weighted by Crippen LogP contribution is -2.29. The monoisotopic (exact) mass is 405 g/mol. The number of carbonyl (C=O) groups is 1. The van der Waals surface area contributed by atoms with Gasteiger partial charge in [0.05, 0.1) is 29.4 Å². The summed E-state index contributed by atoms with van der Waals surface area (Å²) in [6, 6.07) is 16.4. The summed E-state index contributed by atoms with van der Waals surface area (Å²) in [5.74, 6) is -0.230. The molecule has 2 aromatic carbocycles. The van der Waals surface area contributed by atoms with Gasteiger partial charge in [-0.3, -0.25) is 9.78 Å². The molecule has 0 radical (unpaired) electrons. The summed E-state index contributed by atoms with van der Waals surface area (Å²) in [7, 11) is 1.68. The van der Waals surface area contributed by atoms with Gasteiger partial charge in [0.25, 0.3) is 5.91 Å². The Hall–Kier alpha value is -3.42. The van der Waals surface area contributed by atoms with E-state index < -0.39 is 0 Å². The summed E-state index contributed by atoms with van der Waals surface area (Å²) in [5.41, 5.74) is 16.8. The van der Waals surface area contributed by atoms with Gasteiger partial charge in [-0.2, -0.15) is 0 Å². The van der Waals surface area contributed by atoms with E-state index in [9.17, 15) is 4.79 Å². The predicted molar refractivity (Wildman–Crippen MR) is 121 cm³/mol. The number of nitrogen functional groups attached to an aromatic ring is 2. The molecule has 1 heterocycles. The zero-order valence-electron chi connectivity index (χ0n) is 17.2. The quantitative estimate of drug-likeness (QED) is 0.428. The largest absolute Gasteiger partial charge is 0.397 e. The van der Waals surface area contributed by atoms with E-state index in [1.807, 2.05) is 30.3 Å². The zero-order chi connectivity index (χ0) is 21.5. The summed E-state index contributed by atoms with van der Waals surface area (Å²) >= 11 is 0. The first kappa shape index (κ1) is 21.3. The number of carbonyl (C=O) groups excluding carboxylic acids is 1. The number of pyridine rings is 1. The van der Waals surface area contributed by atoms with E-state index in [1.54, 1.807) is 37.6 Å². The van der Waals surface area contributed by atoms with Crippen molar-refractivity contribution < 1.29 is 9.53 Å². The van der Waals surface area contributed by atoms with Crippen molar-refractivity contribution in [3.63, 3.8) is 0 Å². The second-order valence-electron chi connectivity index (χ2n) is 7.14. The molecule has 0 aliphatic carbocycles. The molecule has 30 heavy (non-hydrogen) atoms. The maximum absolute atomic E-state index is 12.5. The van der Waals surface area contributed by atoms with E-state index in [2.05, 4.69) is 22.5 Å². The minimum Gasteiger partial charge on any atom is -0.397 e. The number of ether oxygens (including phenoxy) is 1. The Labute approximate surface area is 176 Å². The van der Waals surface area contributed by atoms with Crippen LogP contribution < -0.4 is 22.1 Å². The Morgan fingerprint density at radius 2 is 1.83 bits per heavy atom. The third-order valence-corrected chi connectivity index (χ3v) is 4.67. The summed E-state index contributed by atoms with van der Waals surface area (Å²) < 4.78 is 5.12. The highest BCUT2D eigenvalue weighted by Crippen LogP contribution is 2.25. The number of aromatic nitrogens is 1. The number of hydrogen-bond donors (Lipinski definition) is 4. The molecular formula is C23H27N5O2. The molecule has 3 rings (SSSR count). The second kappa shape index (κ2) is 9.87. The van der Waals surface area contributed by atoms with Crippen LogP contribution in [0, 0.1) is 0 Å². The van der Waals surface area contributed by atoms with Crippen molar-refractivity contribution in [3.05, 3.63) is 71.9 Å². The van der Waals surface area contributed by atoms with Crippen LogP contribution in [-0.4, -0.2) is 30.6 Å². The SMILES string of the molecule is COCC(C)NCc1cnc(-c2ccc(C(=O)Nc3ccccc3N)cc2)c(N)c1. The third kappa shape index (κ3) is 5.34. The van der Waals surface area contributed by atoms with Crippen LogP contribution in [0.15, 0.2) is 60.8 Å². The van der Waals surface area contributed by atoms with Crippen molar-refractivity contribution in [1.82, 2.24) is 10.3 Å². The lowest BCUT2D eigenvalue weighted by atomic mass is 10.1. The van der Waals surface area contributed by atoms with E-state index >= 15 is 0 Å². The maximum atomic E-state index is 12.5. The molecule has 1 amide bonds. The molecule has 0 aliphatic heterocycles. The highest BCUT2D eigenvalue weighted by atomic mass is 16.5. The van der Waals surface area contributed by atoms with Gasteiger partial charge in [0, 0.05) is 37.0 Å². The normalized spacial score (nSPS) is 11.8. The first-order valence-electron chi connectivity index (χ1n) is 9.71. The molecule has 7 heteroatoms. The molecule has 7 nitrogen and oxygen atoms in total. The molecule has 1 atom stereocenters. The van der Waals surface area contributed by atoms with E-state index in [0.717, 1.165) is 11.1 Å². The molecule has 0 fully saturated rings. The minimum atomic E-state index is -0.230. The highest BCUT2D eigenvalue weighted by molar-refractivity contribution is 6.06. The molecule has 1 aromatic heterocycles. The Bertz CT molecular complexity index is 1000. The predicted octanol–water partition coefficient (Wildman–Crippen LogP) is 3.29. The van der Waals surface area contributed by atoms with Gasteiger partial charge in [-0.15, -0.1) is 0 Å². The molecule has 3 aromatic rings. The summed E-state index contributed by atoms with van der Waals surface area (Å²) in [4.78, 5) is 17.0. The molecule has 0 bridgehead atoms. The van der Waals surface area contributed by atoms with Crippen LogP contribution in [0.1, 0.15) is 22.8 Å². The molecule has 0 aliphatic rings. The number of rotatable bonds is 8. The van der Waals surface area contributed by atoms with Crippen molar-refractivity contribution in [1.29, 1.82) is 0 Å². The fourth-order valence-electron chi connectivity index (χ4n) is 3.05. The topological polar surface area (TPSA) is 115 Å². The molecule has 0 spiro atoms. The number of benzene rings is 2. The molecular weight excluding hydrogens is 378 g/mol. The third-order valence-electron chi connectivity index (χ3n) is 4.67. The van der Waals surface area contributed by atoms with E-state index in [0.29, 0.717) is 41.5 Å². The van der Waals surface area contributed by atoms with Gasteiger partial charge in [-0.1, -0.05) is 24.3 Å². The summed E-state index contributed by atoms with van der Waals surface area (Å²) in [6.45, 7) is 3.35. The van der Waals surface area contributed by atoms with Crippen molar-refractivity contribution >= 4 is 23.0 Å². The fourth-order valence-corrected chi connectivity index (χ4v) is 3.05. The smallest absolute Gasteiger partial charge is 0.255 e. The minimum absolute atomic E-state index is 0.230. The highest BCUT2D eigenvalue weighted by Gasteiger charge is 2.11. The Balaban J connectivity index is 1.68. The van der Waals surface area contributed by atoms with Crippen molar-refractivity contribution in [3.8, 4) is 11.3 Å². The van der Waals surface area contributed by atoms with Crippen LogP contribution in [-0.2, 0) is 11.3 Å². The van der Waals surface area contributed by atoms with E-state index in [-0.39, 0.29) is 11.9 Å². The Kier molecular flexibility index (Phi) is 7.00. The van der Waals surface area contributed by atoms with Crippen LogP contribution in [0.2, 0.25) is 0 Å². The number of nitrogens with one attached hydrogen (secondary N) is 2. The molecule has 156 valence electrons. The molecule has 6 N–H and O–H groups in total. The van der Waals surface area contributed by atoms with Gasteiger partial charge in [-0.25, -0.2) is 0 Å². The van der Waals surface area contributed by atoms with Crippen LogP contribution >= 0.6 is 0 Å². The van der Waals surface area contributed by atoms with Gasteiger partial charge >= 0.3 is 0 Å². The van der Waals surface area contributed by atoms with Gasteiger partial charge < -0.3 is 26.8 Å². The van der Waals surface area contributed by atoms with E-state index in [1.165, 1.54) is 0 Å². The standard InChI is InChI=1S/C23H27N5O2/c1-15(14-30-2)26-12-16-11-20(25)22(27-13-16)17-7-9-18(10-8-17)23(29)28-21-6-4-3-5-19(21)24/h3-11,13,15,26H,12,14,24-25H2,1-2H3,(H,28,29). The van der Waals surface area contributed by atoms with Crippen LogP contribution in [0.4, 0.5) is 17.1 Å². The number of nitrogens with two attached hydrogens (primary N) is 2. The summed E-state index contributed by atoms with van der Waals surface area (Å²) in [5, 5.41) is 6.17. The fraction of sp³-hybridized carbons (Fsp3) is 0.217. The number of anilines is 3. The number of hydrogen-bond acceptors (Lipinski definition) is 6. The van der Waals surface area contributed by atoms with Crippen molar-refractivity contribution in [2.45, 2.75) is 19.5 Å². The van der Waals surface area contributed by atoms with Crippen molar-refractivity contribution in [2.75, 3.05) is 30.5 Å². The van der Waals surface area contributed by atoms with Gasteiger partial charge in [-0.05, 0) is 42.8 Å². The summed E-state index contributed by atoms with van der Waals surface area (Å²) in [6.07, 6.45) is 1.80. The average molecular weight is 406 g/mol. The zero-order valence-corrected chi connectivity index (χ0v) is 17.2. The van der Waals surface area contributed by atoms with Crippen molar-refractivity contribution in [2.24, 2.45) is 0 Å². The van der Waals surface area contributed by atoms with Gasteiger partial charge in [0.1, 0.15) is 0 Å². The first-order valence-corrected chi connectivity index (χ1v) is 9.71. The Morgan fingerprint density at radius 1 is 1.10 bits per heavy atom. The number of methoxy groups -OCH3 is 1. The number of nitrogens with zero attached hydrogens (tertiary/aromatic N) is 1. The van der Waals surface area contributed by atoms with E-state index in [4.69, 9.17) is 16.2 Å².